The molecule has 1 aromatic rings. The number of benzene rings is 1. The lowest BCUT2D eigenvalue weighted by molar-refractivity contribution is -0.0934. The molecule has 2 rings (SSSR count). The lowest BCUT2D eigenvalue weighted by Gasteiger charge is -2.21. The maximum atomic E-state index is 13.1. The van der Waals surface area contributed by atoms with Crippen LogP contribution in [0.4, 0.5) is 18.9 Å². The van der Waals surface area contributed by atoms with Gasteiger partial charge in [-0.2, -0.15) is 13.2 Å². The molecular formula is C13H12F3NO. The van der Waals surface area contributed by atoms with Gasteiger partial charge in [-0.15, -0.1) is 6.58 Å². The molecule has 1 aliphatic rings. The Hall–Kier alpha value is -1.91. The van der Waals surface area contributed by atoms with E-state index < -0.39 is 11.9 Å². The highest BCUT2D eigenvalue weighted by Crippen LogP contribution is 2.39. The average Bonchev–Trinajstić information content (AvgIpc) is 2.74. The molecule has 1 aliphatic heterocycles. The first-order chi connectivity index (χ1) is 8.54. The second kappa shape index (κ2) is 4.76. The van der Waals surface area contributed by atoms with Crippen LogP contribution < -0.4 is 4.90 Å². The molecule has 0 fully saturated rings. The van der Waals surface area contributed by atoms with Crippen molar-refractivity contribution in [1.29, 1.82) is 0 Å². The topological polar surface area (TPSA) is 12.5 Å². The number of nitrogens with zero attached hydrogens (tertiary/aromatic N) is 1. The van der Waals surface area contributed by atoms with Gasteiger partial charge in [0.05, 0.1) is 0 Å². The molecule has 1 aromatic carbocycles. The molecule has 5 heteroatoms. The molecular weight excluding hydrogens is 243 g/mol. The Bertz CT molecular complexity index is 465. The minimum absolute atomic E-state index is 0.0676. The van der Waals surface area contributed by atoms with Gasteiger partial charge in [-0.3, -0.25) is 0 Å². The minimum atomic E-state index is -4.44. The van der Waals surface area contributed by atoms with Crippen LogP contribution in [0.2, 0.25) is 0 Å². The van der Waals surface area contributed by atoms with E-state index in [0.717, 1.165) is 4.90 Å². The van der Waals surface area contributed by atoms with Crippen molar-refractivity contribution in [3.05, 3.63) is 54.4 Å². The Morgan fingerprint density at radius 2 is 1.94 bits per heavy atom. The fraction of sp³-hybridized carbons (Fsp3) is 0.231. The summed E-state index contributed by atoms with van der Waals surface area (Å²) < 4.78 is 44.3. The third-order valence-electron chi connectivity index (χ3n) is 2.57. The van der Waals surface area contributed by atoms with E-state index >= 15 is 0 Å². The van der Waals surface area contributed by atoms with Gasteiger partial charge in [-0.05, 0) is 12.1 Å². The number of rotatable bonds is 3. The van der Waals surface area contributed by atoms with Crippen LogP contribution in [0.3, 0.4) is 0 Å². The third-order valence-corrected chi connectivity index (χ3v) is 2.57. The van der Waals surface area contributed by atoms with Crippen LogP contribution in [0, 0.1) is 0 Å². The molecule has 0 amide bonds. The highest BCUT2D eigenvalue weighted by Gasteiger charge is 2.44. The van der Waals surface area contributed by atoms with E-state index in [0.29, 0.717) is 5.69 Å². The molecule has 0 aliphatic carbocycles. The molecule has 0 atom stereocenters. The second-order valence-corrected chi connectivity index (χ2v) is 3.80. The van der Waals surface area contributed by atoms with E-state index in [-0.39, 0.29) is 18.9 Å². The molecule has 0 radical (unpaired) electrons. The van der Waals surface area contributed by atoms with Gasteiger partial charge in [0.25, 0.3) is 0 Å². The summed E-state index contributed by atoms with van der Waals surface area (Å²) in [5.74, 6) is -0.0821. The fourth-order valence-corrected chi connectivity index (χ4v) is 1.84. The van der Waals surface area contributed by atoms with E-state index in [1.165, 1.54) is 6.08 Å². The number of alkyl halides is 3. The smallest absolute Gasteiger partial charge is 0.434 e. The molecule has 0 N–H and O–H groups in total. The Morgan fingerprint density at radius 1 is 1.28 bits per heavy atom. The number of para-hydroxylation sites is 1. The Kier molecular flexibility index (Phi) is 3.32. The largest absolute Gasteiger partial charge is 0.475 e. The van der Waals surface area contributed by atoms with Crippen molar-refractivity contribution in [2.75, 3.05) is 11.6 Å². The van der Waals surface area contributed by atoms with Gasteiger partial charge in [0, 0.05) is 12.1 Å². The summed E-state index contributed by atoms with van der Waals surface area (Å²) in [4.78, 5) is 1.12. The predicted octanol–water partition coefficient (Wildman–Crippen LogP) is 3.83. The zero-order chi connectivity index (χ0) is 13.2. The van der Waals surface area contributed by atoms with Crippen LogP contribution in [0.1, 0.15) is 6.42 Å². The maximum Gasteiger partial charge on any atom is 0.434 e. The van der Waals surface area contributed by atoms with Gasteiger partial charge in [0.2, 0.25) is 0 Å². The van der Waals surface area contributed by atoms with Crippen molar-refractivity contribution >= 4 is 5.69 Å². The van der Waals surface area contributed by atoms with Crippen LogP contribution >= 0.6 is 0 Å². The summed E-state index contributed by atoms with van der Waals surface area (Å²) in [6.45, 7) is 3.32. The third kappa shape index (κ3) is 2.34. The van der Waals surface area contributed by atoms with E-state index in [4.69, 9.17) is 4.74 Å². The molecule has 0 spiro atoms. The highest BCUT2D eigenvalue weighted by molar-refractivity contribution is 5.54. The molecule has 2 nitrogen and oxygen atoms in total. The standard InChI is InChI=1S/C13H12F3NO/c1-2-6-11-12(13(14,15)16)17(9-18-11)10-7-4-3-5-8-10/h2-5,7-8H,1,6,9H2. The Morgan fingerprint density at radius 3 is 2.50 bits per heavy atom. The maximum absolute atomic E-state index is 13.1. The number of hydrogen-bond acceptors (Lipinski definition) is 2. The minimum Gasteiger partial charge on any atom is -0.475 e. The quantitative estimate of drug-likeness (QED) is 0.761. The van der Waals surface area contributed by atoms with Crippen LogP contribution in [0.15, 0.2) is 54.4 Å². The van der Waals surface area contributed by atoms with Crippen molar-refractivity contribution in [3.63, 3.8) is 0 Å². The van der Waals surface area contributed by atoms with Crippen LogP contribution in [0.5, 0.6) is 0 Å². The molecule has 0 saturated carbocycles. The molecule has 0 unspecified atom stereocenters. The highest BCUT2D eigenvalue weighted by atomic mass is 19.4. The van der Waals surface area contributed by atoms with Crippen molar-refractivity contribution in [2.45, 2.75) is 12.6 Å². The first-order valence-electron chi connectivity index (χ1n) is 5.40. The van der Waals surface area contributed by atoms with Crippen molar-refractivity contribution in [3.8, 4) is 0 Å². The summed E-state index contributed by atoms with van der Waals surface area (Å²) in [7, 11) is 0. The molecule has 0 bridgehead atoms. The summed E-state index contributed by atoms with van der Waals surface area (Å²) in [6, 6.07) is 8.36. The molecule has 0 saturated heterocycles. The van der Waals surface area contributed by atoms with Crippen LogP contribution in [-0.4, -0.2) is 12.9 Å². The first-order valence-corrected chi connectivity index (χ1v) is 5.40. The number of allylic oxidation sites excluding steroid dienone is 2. The van der Waals surface area contributed by atoms with Gasteiger partial charge >= 0.3 is 6.18 Å². The SMILES string of the molecule is C=CCC1=C(C(F)(F)F)N(c2ccccc2)CO1. The number of anilines is 1. The molecule has 96 valence electrons. The van der Waals surface area contributed by atoms with E-state index in [1.807, 2.05) is 0 Å². The Balaban J connectivity index is 2.41. The second-order valence-electron chi connectivity index (χ2n) is 3.80. The summed E-state index contributed by atoms with van der Waals surface area (Å²) in [5.41, 5.74) is -0.280. The predicted molar refractivity (Wildman–Crippen MR) is 62.8 cm³/mol. The molecule has 1 heterocycles. The summed E-state index contributed by atoms with van der Waals surface area (Å²) in [6.07, 6.45) is -2.97. The van der Waals surface area contributed by atoms with E-state index in [2.05, 4.69) is 6.58 Å². The average molecular weight is 255 g/mol. The van der Waals surface area contributed by atoms with Crippen molar-refractivity contribution < 1.29 is 17.9 Å². The van der Waals surface area contributed by atoms with Gasteiger partial charge < -0.3 is 9.64 Å². The zero-order valence-electron chi connectivity index (χ0n) is 9.57. The number of hydrogen-bond donors (Lipinski definition) is 0. The molecule has 0 aromatic heterocycles. The normalized spacial score (nSPS) is 15.8. The fourth-order valence-electron chi connectivity index (χ4n) is 1.84. The van der Waals surface area contributed by atoms with Gasteiger partial charge in [0.1, 0.15) is 5.76 Å². The lowest BCUT2D eigenvalue weighted by atomic mass is 10.2. The zero-order valence-corrected chi connectivity index (χ0v) is 9.57. The van der Waals surface area contributed by atoms with Crippen LogP contribution in [-0.2, 0) is 4.74 Å². The number of halogens is 3. The monoisotopic (exact) mass is 255 g/mol. The van der Waals surface area contributed by atoms with Crippen LogP contribution in [0.25, 0.3) is 0 Å². The van der Waals surface area contributed by atoms with Gasteiger partial charge in [0.15, 0.2) is 12.4 Å². The first kappa shape index (κ1) is 12.5. The van der Waals surface area contributed by atoms with Crippen molar-refractivity contribution in [2.24, 2.45) is 0 Å². The van der Waals surface area contributed by atoms with Gasteiger partial charge in [-0.1, -0.05) is 24.3 Å². The lowest BCUT2D eigenvalue weighted by Crippen LogP contribution is -2.29. The van der Waals surface area contributed by atoms with Gasteiger partial charge in [-0.25, -0.2) is 0 Å². The number of ether oxygens (including phenoxy) is 1. The van der Waals surface area contributed by atoms with Crippen molar-refractivity contribution in [1.82, 2.24) is 0 Å². The van der Waals surface area contributed by atoms with E-state index in [1.54, 1.807) is 30.3 Å². The van der Waals surface area contributed by atoms with E-state index in [9.17, 15) is 13.2 Å². The Labute approximate surface area is 103 Å². The summed E-state index contributed by atoms with van der Waals surface area (Å²) in [5, 5.41) is 0. The molecule has 18 heavy (non-hydrogen) atoms. The summed E-state index contributed by atoms with van der Waals surface area (Å²) >= 11 is 0.